The molecule has 0 spiro atoms. The molecule has 0 aromatic carbocycles. The van der Waals surface area contributed by atoms with Gasteiger partial charge < -0.3 is 30.2 Å². The van der Waals surface area contributed by atoms with Crippen molar-refractivity contribution in [3.05, 3.63) is 47.2 Å². The van der Waals surface area contributed by atoms with Gasteiger partial charge in [0.25, 0.3) is 0 Å². The number of rotatable bonds is 9. The van der Waals surface area contributed by atoms with Crippen LogP contribution < -0.4 is 10.6 Å². The number of carbonyl (C=O) groups is 2. The maximum absolute atomic E-state index is 9.55. The van der Waals surface area contributed by atoms with E-state index < -0.39 is 11.9 Å². The predicted octanol–water partition coefficient (Wildman–Crippen LogP) is 1.48. The van der Waals surface area contributed by atoms with Gasteiger partial charge in [-0.25, -0.2) is 9.59 Å². The number of carboxylic acids is 2. The van der Waals surface area contributed by atoms with E-state index in [4.69, 9.17) is 25.2 Å². The summed E-state index contributed by atoms with van der Waals surface area (Å²) in [6.07, 6.45) is 3.66. The Morgan fingerprint density at radius 3 is 2.37 bits per heavy atom. The van der Waals surface area contributed by atoms with Crippen molar-refractivity contribution in [2.75, 3.05) is 39.3 Å². The second kappa shape index (κ2) is 14.5. The van der Waals surface area contributed by atoms with Crippen LogP contribution in [0, 0.1) is 28.6 Å². The number of furan rings is 1. The number of carboxylic acid groups (broad SMARTS) is 2. The third-order valence-electron chi connectivity index (χ3n) is 5.65. The first kappa shape index (κ1) is 27.4. The number of hydrogen-bond acceptors (Lipinski definition) is 9. The van der Waals surface area contributed by atoms with Crippen molar-refractivity contribution in [2.45, 2.75) is 32.9 Å². The number of allylic oxidation sites excluding steroid dienone is 1. The fraction of sp³-hybridized carbons (Fsp3) is 0.500. The lowest BCUT2D eigenvalue weighted by Gasteiger charge is -2.29. The van der Waals surface area contributed by atoms with Crippen LogP contribution in [0.5, 0.6) is 0 Å². The number of piperidine rings is 1. The highest BCUT2D eigenvalue weighted by molar-refractivity contribution is 5.89. The molecule has 3 heterocycles. The minimum Gasteiger partial charge on any atom is -0.478 e. The van der Waals surface area contributed by atoms with Crippen LogP contribution in [-0.4, -0.2) is 71.2 Å². The van der Waals surface area contributed by atoms with Crippen LogP contribution in [-0.2, 0) is 22.7 Å². The number of nitrogens with zero attached hydrogens (tertiary/aromatic N) is 4. The largest absolute Gasteiger partial charge is 0.478 e. The molecule has 0 bridgehead atoms. The fourth-order valence-corrected chi connectivity index (χ4v) is 3.74. The van der Waals surface area contributed by atoms with Crippen molar-refractivity contribution >= 4 is 11.9 Å². The predicted molar refractivity (Wildman–Crippen MR) is 126 cm³/mol. The second-order valence-corrected chi connectivity index (χ2v) is 8.37. The fourth-order valence-electron chi connectivity index (χ4n) is 3.74. The van der Waals surface area contributed by atoms with Crippen LogP contribution in [0.4, 0.5) is 0 Å². The van der Waals surface area contributed by atoms with Gasteiger partial charge in [-0.3, -0.25) is 4.90 Å². The molecule has 0 unspecified atom stereocenters. The summed E-state index contributed by atoms with van der Waals surface area (Å²) in [5, 5.41) is 40.2. The first-order valence-electron chi connectivity index (χ1n) is 11.5. The lowest BCUT2D eigenvalue weighted by molar-refractivity contribution is -0.134. The van der Waals surface area contributed by atoms with Crippen molar-refractivity contribution in [3.63, 3.8) is 0 Å². The summed E-state index contributed by atoms with van der Waals surface area (Å²) in [6.45, 7) is 9.29. The molecule has 1 aromatic heterocycles. The van der Waals surface area contributed by atoms with Crippen LogP contribution in [0.1, 0.15) is 31.3 Å². The summed E-state index contributed by atoms with van der Waals surface area (Å²) >= 11 is 0. The molecule has 11 nitrogen and oxygen atoms in total. The summed E-state index contributed by atoms with van der Waals surface area (Å²) in [4.78, 5) is 23.6. The Morgan fingerprint density at radius 1 is 1.14 bits per heavy atom. The number of nitrogens with one attached hydrogen (secondary N) is 2. The minimum absolute atomic E-state index is 0.148. The molecule has 2 aliphatic rings. The topological polar surface area (TPSA) is 166 Å². The van der Waals surface area contributed by atoms with Crippen LogP contribution in [0.2, 0.25) is 0 Å². The molecule has 2 aliphatic heterocycles. The van der Waals surface area contributed by atoms with Crippen molar-refractivity contribution < 1.29 is 24.2 Å². The van der Waals surface area contributed by atoms with Crippen LogP contribution in [0.3, 0.4) is 0 Å². The summed E-state index contributed by atoms with van der Waals surface area (Å²) in [7, 11) is 0. The molecular formula is C24H32N6O5. The van der Waals surface area contributed by atoms with Gasteiger partial charge in [-0.15, -0.1) is 0 Å². The highest BCUT2D eigenvalue weighted by atomic mass is 16.4. The SMILES string of the molecule is CC1CCN(Cc2ccc(CNCCN3CCNC3=C(C#N)C#N)o2)CC1.O=C(O)/C=C/C(=O)O. The van der Waals surface area contributed by atoms with E-state index in [0.717, 1.165) is 63.3 Å². The van der Waals surface area contributed by atoms with Gasteiger partial charge in [-0.1, -0.05) is 6.92 Å². The highest BCUT2D eigenvalue weighted by Crippen LogP contribution is 2.19. The maximum atomic E-state index is 9.55. The molecule has 11 heteroatoms. The van der Waals surface area contributed by atoms with E-state index in [0.29, 0.717) is 24.5 Å². The first-order chi connectivity index (χ1) is 16.8. The normalized spacial score (nSPS) is 16.2. The van der Waals surface area contributed by atoms with E-state index in [1.54, 1.807) is 0 Å². The molecule has 0 saturated carbocycles. The van der Waals surface area contributed by atoms with Gasteiger partial charge in [-0.05, 0) is 44.0 Å². The Kier molecular flexibility index (Phi) is 11.3. The van der Waals surface area contributed by atoms with Gasteiger partial charge in [-0.2, -0.15) is 10.5 Å². The van der Waals surface area contributed by atoms with Crippen molar-refractivity contribution in [2.24, 2.45) is 5.92 Å². The van der Waals surface area contributed by atoms with E-state index >= 15 is 0 Å². The molecule has 3 rings (SSSR count). The summed E-state index contributed by atoms with van der Waals surface area (Å²) in [5.74, 6) is 0.956. The lowest BCUT2D eigenvalue weighted by atomic mass is 9.99. The smallest absolute Gasteiger partial charge is 0.328 e. The van der Waals surface area contributed by atoms with Gasteiger partial charge in [0.1, 0.15) is 29.5 Å². The van der Waals surface area contributed by atoms with E-state index in [1.807, 2.05) is 23.1 Å². The van der Waals surface area contributed by atoms with Gasteiger partial charge in [0.05, 0.1) is 13.1 Å². The molecular weight excluding hydrogens is 452 g/mol. The Balaban J connectivity index is 0.000000466. The average Bonchev–Trinajstić information content (AvgIpc) is 3.48. The van der Waals surface area contributed by atoms with Gasteiger partial charge in [0, 0.05) is 38.3 Å². The molecule has 1 aromatic rings. The summed E-state index contributed by atoms with van der Waals surface area (Å²) < 4.78 is 5.95. The lowest BCUT2D eigenvalue weighted by Crippen LogP contribution is -2.32. The standard InChI is InChI=1S/C20H28N6O.C4H4O4/c1-16-4-8-25(9-5-16)15-19-3-2-18(27-19)14-23-6-10-26-11-7-24-20(26)17(12-21)13-22;5-3(6)1-2-4(7)8/h2-3,16,23-24H,4-11,14-15H2,1H3;1-2H,(H,5,6)(H,7,8)/b;2-1+. The molecule has 35 heavy (non-hydrogen) atoms. The molecule has 2 saturated heterocycles. The van der Waals surface area contributed by atoms with Gasteiger partial charge in [0.15, 0.2) is 5.57 Å². The quantitative estimate of drug-likeness (QED) is 0.228. The molecule has 0 radical (unpaired) electrons. The Morgan fingerprint density at radius 2 is 1.77 bits per heavy atom. The zero-order valence-corrected chi connectivity index (χ0v) is 19.9. The number of likely N-dealkylation sites (tertiary alicyclic amines) is 1. The minimum atomic E-state index is -1.26. The number of nitriles is 2. The Bertz CT molecular complexity index is 963. The van der Waals surface area contributed by atoms with Crippen LogP contribution in [0.25, 0.3) is 0 Å². The molecule has 0 aliphatic carbocycles. The number of hydrogen-bond donors (Lipinski definition) is 4. The van der Waals surface area contributed by atoms with E-state index in [9.17, 15) is 9.59 Å². The Labute approximate surface area is 204 Å². The second-order valence-electron chi connectivity index (χ2n) is 8.37. The molecule has 0 atom stereocenters. The zero-order chi connectivity index (χ0) is 25.6. The van der Waals surface area contributed by atoms with Crippen molar-refractivity contribution in [1.29, 1.82) is 10.5 Å². The molecule has 188 valence electrons. The number of aliphatic carboxylic acids is 2. The van der Waals surface area contributed by atoms with E-state index in [1.165, 1.54) is 12.8 Å². The first-order valence-corrected chi connectivity index (χ1v) is 11.5. The van der Waals surface area contributed by atoms with E-state index in [-0.39, 0.29) is 5.57 Å². The third-order valence-corrected chi connectivity index (χ3v) is 5.65. The monoisotopic (exact) mass is 484 g/mol. The van der Waals surface area contributed by atoms with Crippen molar-refractivity contribution in [3.8, 4) is 12.1 Å². The molecule has 2 fully saturated rings. The van der Waals surface area contributed by atoms with Crippen LogP contribution >= 0.6 is 0 Å². The maximum Gasteiger partial charge on any atom is 0.328 e. The van der Waals surface area contributed by atoms with Gasteiger partial charge in [0.2, 0.25) is 0 Å². The van der Waals surface area contributed by atoms with Crippen LogP contribution in [0.15, 0.2) is 40.1 Å². The summed E-state index contributed by atoms with van der Waals surface area (Å²) in [6, 6.07) is 8.03. The van der Waals surface area contributed by atoms with Crippen molar-refractivity contribution in [1.82, 2.24) is 20.4 Å². The molecule has 4 N–H and O–H groups in total. The van der Waals surface area contributed by atoms with E-state index in [2.05, 4.69) is 28.5 Å². The highest BCUT2D eigenvalue weighted by Gasteiger charge is 2.20. The van der Waals surface area contributed by atoms with Gasteiger partial charge >= 0.3 is 11.9 Å². The molecule has 0 amide bonds. The average molecular weight is 485 g/mol. The zero-order valence-electron chi connectivity index (χ0n) is 19.9. The third kappa shape index (κ3) is 9.92. The summed E-state index contributed by atoms with van der Waals surface area (Å²) in [5.41, 5.74) is 0.148. The Hall–Kier alpha value is -3.80.